The van der Waals surface area contributed by atoms with Gasteiger partial charge in [0.05, 0.1) is 11.4 Å². The molecular formula is C24H23F2N7O. The molecule has 0 saturated carbocycles. The Labute approximate surface area is 194 Å². The van der Waals surface area contributed by atoms with Crippen molar-refractivity contribution in [1.82, 2.24) is 30.4 Å². The highest BCUT2D eigenvalue weighted by Gasteiger charge is 2.23. The number of benzene rings is 2. The van der Waals surface area contributed by atoms with Gasteiger partial charge in [0.15, 0.2) is 5.65 Å². The van der Waals surface area contributed by atoms with Crippen molar-refractivity contribution in [3.8, 4) is 11.3 Å². The molecular weight excluding hydrogens is 440 g/mol. The summed E-state index contributed by atoms with van der Waals surface area (Å²) in [6.07, 6.45) is 3.49. The van der Waals surface area contributed by atoms with Crippen molar-refractivity contribution in [3.63, 3.8) is 0 Å². The Hall–Kier alpha value is -3.92. The lowest BCUT2D eigenvalue weighted by atomic mass is 10.1. The Bertz CT molecular complexity index is 1330. The zero-order chi connectivity index (χ0) is 23.7. The molecule has 1 aliphatic rings. The fourth-order valence-corrected chi connectivity index (χ4v) is 4.26. The molecule has 4 N–H and O–H groups in total. The summed E-state index contributed by atoms with van der Waals surface area (Å²) in [6.45, 7) is 1.91. The van der Waals surface area contributed by atoms with E-state index in [-0.39, 0.29) is 12.6 Å². The summed E-state index contributed by atoms with van der Waals surface area (Å²) >= 11 is 0. The first-order valence-electron chi connectivity index (χ1n) is 11.0. The molecule has 1 atom stereocenters. The number of nitrogen functional groups attached to an aromatic ring is 1. The van der Waals surface area contributed by atoms with Crippen LogP contribution in [0.25, 0.3) is 22.3 Å². The van der Waals surface area contributed by atoms with Gasteiger partial charge in [-0.3, -0.25) is 4.79 Å². The van der Waals surface area contributed by atoms with Crippen LogP contribution in [0.15, 0.2) is 48.8 Å². The smallest absolute Gasteiger partial charge is 0.257 e. The summed E-state index contributed by atoms with van der Waals surface area (Å²) in [7, 11) is 0. The fraction of sp³-hybridized carbons (Fsp3) is 0.250. The van der Waals surface area contributed by atoms with Crippen LogP contribution in [-0.2, 0) is 6.54 Å². The second-order valence-electron chi connectivity index (χ2n) is 8.23. The Morgan fingerprint density at radius 1 is 1.15 bits per heavy atom. The van der Waals surface area contributed by atoms with Crippen molar-refractivity contribution in [1.29, 1.82) is 0 Å². The topological polar surface area (TPSA) is 111 Å². The molecule has 4 aromatic rings. The predicted octanol–water partition coefficient (Wildman–Crippen LogP) is 3.21. The molecule has 8 nitrogen and oxygen atoms in total. The van der Waals surface area contributed by atoms with E-state index in [4.69, 9.17) is 10.8 Å². The number of anilines is 1. The second kappa shape index (κ2) is 9.14. The minimum Gasteiger partial charge on any atom is -0.383 e. The molecule has 2 aromatic heterocycles. The number of hydrogen-bond acceptors (Lipinski definition) is 6. The van der Waals surface area contributed by atoms with Gasteiger partial charge < -0.3 is 16.4 Å². The van der Waals surface area contributed by atoms with Crippen molar-refractivity contribution in [3.05, 3.63) is 71.6 Å². The van der Waals surface area contributed by atoms with Crippen LogP contribution >= 0.6 is 0 Å². The normalized spacial score (nSPS) is 16.0. The fourth-order valence-electron chi connectivity index (χ4n) is 4.26. The van der Waals surface area contributed by atoms with Crippen molar-refractivity contribution in [2.24, 2.45) is 0 Å². The number of nitrogens with one attached hydrogen (secondary N) is 2. The van der Waals surface area contributed by atoms with Crippen LogP contribution in [0, 0.1) is 11.6 Å². The second-order valence-corrected chi connectivity index (χ2v) is 8.23. The average Bonchev–Trinajstić information content (AvgIpc) is 3.25. The van der Waals surface area contributed by atoms with E-state index in [0.717, 1.165) is 49.2 Å². The zero-order valence-electron chi connectivity index (χ0n) is 18.3. The molecule has 0 spiro atoms. The van der Waals surface area contributed by atoms with Crippen LogP contribution in [0.4, 0.5) is 14.6 Å². The molecule has 34 heavy (non-hydrogen) atoms. The summed E-state index contributed by atoms with van der Waals surface area (Å²) in [4.78, 5) is 20.8. The summed E-state index contributed by atoms with van der Waals surface area (Å²) in [5, 5.41) is 11.5. The molecule has 0 radical (unpaired) electrons. The van der Waals surface area contributed by atoms with Gasteiger partial charge in [-0.1, -0.05) is 30.3 Å². The van der Waals surface area contributed by atoms with E-state index < -0.39 is 23.1 Å². The van der Waals surface area contributed by atoms with Gasteiger partial charge in [-0.2, -0.15) is 5.10 Å². The number of fused-ring (bicyclic) bond motifs is 1. The maximum atomic E-state index is 13.8. The van der Waals surface area contributed by atoms with Crippen LogP contribution in [0.2, 0.25) is 0 Å². The predicted molar refractivity (Wildman–Crippen MR) is 124 cm³/mol. The molecule has 0 aliphatic carbocycles. The highest BCUT2D eigenvalue weighted by atomic mass is 19.1. The SMILES string of the molecule is Nc1ncnc2c1c(-c1ccc(CNC(=O)c3c(F)cccc3F)cc1)nn2[C@@H]1CCCNC1. The standard InChI is InChI=1S/C24H23F2N7O/c25-17-4-1-5-18(26)19(17)24(34)29-11-14-6-8-15(9-7-14)21-20-22(27)30-13-31-23(20)33(32-21)16-3-2-10-28-12-16/h1,4-9,13,16,28H,2-3,10-12H2,(H,29,34)(H2,27,30,31)/t16-/m1/s1. The van der Waals surface area contributed by atoms with Crippen molar-refractivity contribution in [2.75, 3.05) is 18.8 Å². The number of piperidine rings is 1. The minimum atomic E-state index is -0.900. The highest BCUT2D eigenvalue weighted by molar-refractivity contribution is 5.98. The minimum absolute atomic E-state index is 0.112. The van der Waals surface area contributed by atoms with E-state index in [2.05, 4.69) is 20.6 Å². The van der Waals surface area contributed by atoms with Gasteiger partial charge in [-0.15, -0.1) is 0 Å². The summed E-state index contributed by atoms with van der Waals surface area (Å²) < 4.78 is 29.6. The third kappa shape index (κ3) is 4.08. The van der Waals surface area contributed by atoms with Crippen LogP contribution < -0.4 is 16.4 Å². The maximum absolute atomic E-state index is 13.8. The Morgan fingerprint density at radius 2 is 1.91 bits per heavy atom. The number of nitrogens with two attached hydrogens (primary N) is 1. The van der Waals surface area contributed by atoms with Gasteiger partial charge in [-0.25, -0.2) is 23.4 Å². The quantitative estimate of drug-likeness (QED) is 0.419. The number of carbonyl (C=O) groups excluding carboxylic acids is 1. The van der Waals surface area contributed by atoms with Crippen molar-refractivity contribution >= 4 is 22.8 Å². The van der Waals surface area contributed by atoms with E-state index in [1.165, 1.54) is 12.4 Å². The number of carbonyl (C=O) groups is 1. The number of amides is 1. The average molecular weight is 463 g/mol. The van der Waals surface area contributed by atoms with Crippen LogP contribution in [0.1, 0.15) is 34.8 Å². The number of aromatic nitrogens is 4. The molecule has 3 heterocycles. The monoisotopic (exact) mass is 463 g/mol. The molecule has 10 heteroatoms. The zero-order valence-corrected chi connectivity index (χ0v) is 18.3. The van der Waals surface area contributed by atoms with Crippen LogP contribution in [0.3, 0.4) is 0 Å². The summed E-state index contributed by atoms with van der Waals surface area (Å²) in [6, 6.07) is 10.9. The van der Waals surface area contributed by atoms with Crippen LogP contribution in [0.5, 0.6) is 0 Å². The van der Waals surface area contributed by atoms with Crippen LogP contribution in [-0.4, -0.2) is 38.7 Å². The molecule has 1 fully saturated rings. The largest absolute Gasteiger partial charge is 0.383 e. The first kappa shape index (κ1) is 21.9. The maximum Gasteiger partial charge on any atom is 0.257 e. The van der Waals surface area contributed by atoms with Gasteiger partial charge in [0.1, 0.15) is 35.0 Å². The van der Waals surface area contributed by atoms with E-state index in [1.807, 2.05) is 28.9 Å². The lowest BCUT2D eigenvalue weighted by molar-refractivity contribution is 0.0942. The molecule has 2 aromatic carbocycles. The number of rotatable bonds is 5. The molecule has 1 saturated heterocycles. The molecule has 1 amide bonds. The van der Waals surface area contributed by atoms with E-state index >= 15 is 0 Å². The molecule has 0 unspecified atom stereocenters. The Kier molecular flexibility index (Phi) is 5.89. The first-order valence-corrected chi connectivity index (χ1v) is 11.0. The number of nitrogens with zero attached hydrogens (tertiary/aromatic N) is 4. The molecule has 5 rings (SSSR count). The molecule has 174 valence electrons. The summed E-state index contributed by atoms with van der Waals surface area (Å²) in [5.74, 6) is -2.25. The third-order valence-corrected chi connectivity index (χ3v) is 6.01. The Balaban J connectivity index is 1.39. The van der Waals surface area contributed by atoms with Crippen molar-refractivity contribution < 1.29 is 13.6 Å². The Morgan fingerprint density at radius 3 is 2.62 bits per heavy atom. The summed E-state index contributed by atoms with van der Waals surface area (Å²) in [5.41, 5.74) is 8.57. The molecule has 0 bridgehead atoms. The van der Waals surface area contributed by atoms with Gasteiger partial charge >= 0.3 is 0 Å². The van der Waals surface area contributed by atoms with Gasteiger partial charge in [0.25, 0.3) is 5.91 Å². The van der Waals surface area contributed by atoms with Gasteiger partial charge in [-0.05, 0) is 37.1 Å². The molecule has 1 aliphatic heterocycles. The van der Waals surface area contributed by atoms with Crippen molar-refractivity contribution in [2.45, 2.75) is 25.4 Å². The third-order valence-electron chi connectivity index (χ3n) is 6.01. The van der Waals surface area contributed by atoms with E-state index in [9.17, 15) is 13.6 Å². The van der Waals surface area contributed by atoms with Gasteiger partial charge in [0.2, 0.25) is 0 Å². The van der Waals surface area contributed by atoms with E-state index in [0.29, 0.717) is 22.5 Å². The lowest BCUT2D eigenvalue weighted by Gasteiger charge is -2.23. The first-order chi connectivity index (χ1) is 16.5. The van der Waals surface area contributed by atoms with E-state index in [1.54, 1.807) is 0 Å². The lowest BCUT2D eigenvalue weighted by Crippen LogP contribution is -2.32. The van der Waals surface area contributed by atoms with Gasteiger partial charge in [0, 0.05) is 18.7 Å². The number of hydrogen-bond donors (Lipinski definition) is 3. The number of halogens is 2. The highest BCUT2D eigenvalue weighted by Crippen LogP contribution is 2.33.